The first-order chi connectivity index (χ1) is 18.0. The molecule has 2 heterocycles. The van der Waals surface area contributed by atoms with E-state index in [0.717, 1.165) is 12.0 Å². The average Bonchev–Trinajstić information content (AvgIpc) is 3.41. The van der Waals surface area contributed by atoms with Gasteiger partial charge in [-0.1, -0.05) is 24.3 Å². The third-order valence-electron chi connectivity index (χ3n) is 7.54. The Hall–Kier alpha value is -4.00. The van der Waals surface area contributed by atoms with Gasteiger partial charge in [0.15, 0.2) is 0 Å². The van der Waals surface area contributed by atoms with Crippen molar-refractivity contribution in [2.75, 3.05) is 41.0 Å². The van der Waals surface area contributed by atoms with Crippen molar-refractivity contribution in [2.24, 2.45) is 5.92 Å². The van der Waals surface area contributed by atoms with Crippen molar-refractivity contribution in [3.8, 4) is 17.2 Å². The van der Waals surface area contributed by atoms with Crippen LogP contribution < -0.4 is 14.2 Å². The van der Waals surface area contributed by atoms with E-state index in [2.05, 4.69) is 12.1 Å². The Balaban J connectivity index is 1.47. The molecule has 0 unspecified atom stereocenters. The van der Waals surface area contributed by atoms with Gasteiger partial charge in [0, 0.05) is 43.2 Å². The van der Waals surface area contributed by atoms with E-state index in [4.69, 9.17) is 14.2 Å². The van der Waals surface area contributed by atoms with E-state index in [1.165, 1.54) is 11.1 Å². The minimum absolute atomic E-state index is 0.0643. The zero-order chi connectivity index (χ0) is 25.9. The molecule has 0 spiro atoms. The summed E-state index contributed by atoms with van der Waals surface area (Å²) in [7, 11) is 4.84. The van der Waals surface area contributed by atoms with Crippen LogP contribution >= 0.6 is 0 Å². The predicted octanol–water partition coefficient (Wildman–Crippen LogP) is 4.15. The van der Waals surface area contributed by atoms with E-state index >= 15 is 0 Å². The van der Waals surface area contributed by atoms with Crippen LogP contribution in [-0.2, 0) is 17.8 Å². The van der Waals surface area contributed by atoms with Gasteiger partial charge in [-0.05, 0) is 60.0 Å². The molecule has 0 N–H and O–H groups in total. The van der Waals surface area contributed by atoms with Crippen molar-refractivity contribution >= 4 is 11.8 Å². The molecule has 2 aliphatic heterocycles. The summed E-state index contributed by atoms with van der Waals surface area (Å²) < 4.78 is 16.4. The van der Waals surface area contributed by atoms with Gasteiger partial charge in [-0.3, -0.25) is 9.59 Å². The summed E-state index contributed by atoms with van der Waals surface area (Å²) in [6, 6.07) is 21.0. The lowest BCUT2D eigenvalue weighted by Crippen LogP contribution is -2.42. The molecule has 0 aromatic heterocycles. The summed E-state index contributed by atoms with van der Waals surface area (Å²) >= 11 is 0. The highest BCUT2D eigenvalue weighted by Crippen LogP contribution is 2.41. The van der Waals surface area contributed by atoms with E-state index in [-0.39, 0.29) is 17.7 Å². The molecule has 3 aromatic rings. The van der Waals surface area contributed by atoms with E-state index in [0.29, 0.717) is 49.0 Å². The normalized spacial score (nSPS) is 18.8. The molecule has 7 nitrogen and oxygen atoms in total. The van der Waals surface area contributed by atoms with Gasteiger partial charge < -0.3 is 24.0 Å². The molecule has 1 fully saturated rings. The van der Waals surface area contributed by atoms with Gasteiger partial charge in [-0.15, -0.1) is 0 Å². The third-order valence-corrected chi connectivity index (χ3v) is 7.54. The molecular formula is C30H32N2O5. The molecule has 2 aliphatic rings. The second-order valence-corrected chi connectivity index (χ2v) is 9.54. The quantitative estimate of drug-likeness (QED) is 0.509. The second kappa shape index (κ2) is 10.5. The number of carbonyl (C=O) groups excluding carboxylic acids is 2. The molecule has 2 amide bonds. The summed E-state index contributed by atoms with van der Waals surface area (Å²) in [6.07, 6.45) is 0.830. The molecule has 0 radical (unpaired) electrons. The SMILES string of the molecule is COc1ccc(C(=O)N2C[C@H](C(=O)N3CCc4ccccc4C3)[C@H](c3cc(OC)ccc3OC)C2)cc1. The van der Waals surface area contributed by atoms with E-state index in [9.17, 15) is 9.59 Å². The van der Waals surface area contributed by atoms with Gasteiger partial charge in [0.1, 0.15) is 17.2 Å². The number of hydrogen-bond donors (Lipinski definition) is 0. The molecule has 7 heteroatoms. The van der Waals surface area contributed by atoms with Crippen LogP contribution in [-0.4, -0.2) is 62.6 Å². The topological polar surface area (TPSA) is 68.3 Å². The molecule has 3 aromatic carbocycles. The smallest absolute Gasteiger partial charge is 0.253 e. The molecule has 192 valence electrons. The zero-order valence-electron chi connectivity index (χ0n) is 21.5. The summed E-state index contributed by atoms with van der Waals surface area (Å²) in [6.45, 7) is 2.00. The Morgan fingerprint density at radius 3 is 2.19 bits per heavy atom. The molecule has 37 heavy (non-hydrogen) atoms. The lowest BCUT2D eigenvalue weighted by Gasteiger charge is -2.32. The van der Waals surface area contributed by atoms with Crippen molar-refractivity contribution in [1.29, 1.82) is 0 Å². The lowest BCUT2D eigenvalue weighted by molar-refractivity contribution is -0.136. The Kier molecular flexibility index (Phi) is 7.04. The predicted molar refractivity (Wildman–Crippen MR) is 140 cm³/mol. The Bertz CT molecular complexity index is 1290. The highest BCUT2D eigenvalue weighted by atomic mass is 16.5. The number of amides is 2. The van der Waals surface area contributed by atoms with E-state index < -0.39 is 5.92 Å². The molecule has 0 bridgehead atoms. The van der Waals surface area contributed by atoms with Gasteiger partial charge in [0.2, 0.25) is 5.91 Å². The highest BCUT2D eigenvalue weighted by Gasteiger charge is 2.43. The first-order valence-corrected chi connectivity index (χ1v) is 12.5. The first kappa shape index (κ1) is 24.7. The summed E-state index contributed by atoms with van der Waals surface area (Å²) in [5.74, 6) is 1.41. The number of carbonyl (C=O) groups is 2. The number of benzene rings is 3. The van der Waals surface area contributed by atoms with Crippen LogP contribution in [0.25, 0.3) is 0 Å². The summed E-state index contributed by atoms with van der Waals surface area (Å²) in [5.41, 5.74) is 3.92. The number of rotatable bonds is 6. The number of nitrogens with zero attached hydrogens (tertiary/aromatic N) is 2. The Morgan fingerprint density at radius 2 is 1.49 bits per heavy atom. The summed E-state index contributed by atoms with van der Waals surface area (Å²) in [4.78, 5) is 31.3. The summed E-state index contributed by atoms with van der Waals surface area (Å²) in [5, 5.41) is 0. The fourth-order valence-corrected chi connectivity index (χ4v) is 5.50. The van der Waals surface area contributed by atoms with Crippen LogP contribution in [0.3, 0.4) is 0 Å². The molecule has 0 saturated carbocycles. The number of likely N-dealkylation sites (tertiary alicyclic amines) is 1. The van der Waals surface area contributed by atoms with Crippen LogP contribution in [0.2, 0.25) is 0 Å². The average molecular weight is 501 g/mol. The van der Waals surface area contributed by atoms with Crippen molar-refractivity contribution < 1.29 is 23.8 Å². The van der Waals surface area contributed by atoms with Gasteiger partial charge in [0.25, 0.3) is 5.91 Å². The number of fused-ring (bicyclic) bond motifs is 1. The number of ether oxygens (including phenoxy) is 3. The van der Waals surface area contributed by atoms with Crippen LogP contribution in [0.1, 0.15) is 33.0 Å². The number of methoxy groups -OCH3 is 3. The van der Waals surface area contributed by atoms with E-state index in [1.807, 2.05) is 35.2 Å². The fourth-order valence-electron chi connectivity index (χ4n) is 5.50. The van der Waals surface area contributed by atoms with Crippen LogP contribution in [0.15, 0.2) is 66.7 Å². The van der Waals surface area contributed by atoms with Gasteiger partial charge >= 0.3 is 0 Å². The van der Waals surface area contributed by atoms with Gasteiger partial charge in [0.05, 0.1) is 27.2 Å². The molecule has 5 rings (SSSR count). The van der Waals surface area contributed by atoms with Gasteiger partial charge in [-0.25, -0.2) is 0 Å². The lowest BCUT2D eigenvalue weighted by atomic mass is 9.86. The molecule has 0 aliphatic carbocycles. The van der Waals surface area contributed by atoms with E-state index in [1.54, 1.807) is 50.5 Å². The maximum Gasteiger partial charge on any atom is 0.253 e. The monoisotopic (exact) mass is 500 g/mol. The van der Waals surface area contributed by atoms with Crippen LogP contribution in [0.5, 0.6) is 17.2 Å². The number of hydrogen-bond acceptors (Lipinski definition) is 5. The Labute approximate surface area is 217 Å². The maximum atomic E-state index is 14.0. The second-order valence-electron chi connectivity index (χ2n) is 9.54. The molecule has 2 atom stereocenters. The Morgan fingerprint density at radius 1 is 0.784 bits per heavy atom. The van der Waals surface area contributed by atoms with Crippen LogP contribution in [0.4, 0.5) is 0 Å². The molecule has 1 saturated heterocycles. The third kappa shape index (κ3) is 4.86. The minimum atomic E-state index is -0.395. The van der Waals surface area contributed by atoms with Crippen molar-refractivity contribution in [1.82, 2.24) is 9.80 Å². The first-order valence-electron chi connectivity index (χ1n) is 12.5. The van der Waals surface area contributed by atoms with Crippen molar-refractivity contribution in [2.45, 2.75) is 18.9 Å². The largest absolute Gasteiger partial charge is 0.497 e. The molecular weight excluding hydrogens is 468 g/mol. The zero-order valence-corrected chi connectivity index (χ0v) is 21.5. The fraction of sp³-hybridized carbons (Fsp3) is 0.333. The van der Waals surface area contributed by atoms with Crippen LogP contribution in [0, 0.1) is 5.92 Å². The minimum Gasteiger partial charge on any atom is -0.497 e. The maximum absolute atomic E-state index is 14.0. The highest BCUT2D eigenvalue weighted by molar-refractivity contribution is 5.95. The van der Waals surface area contributed by atoms with Crippen molar-refractivity contribution in [3.63, 3.8) is 0 Å². The van der Waals surface area contributed by atoms with Crippen molar-refractivity contribution in [3.05, 3.63) is 89.0 Å². The van der Waals surface area contributed by atoms with Gasteiger partial charge in [-0.2, -0.15) is 0 Å². The standard InChI is InChI=1S/C30H32N2O5/c1-35-23-10-8-21(9-11-23)29(33)32-18-26(25-16-24(36-2)12-13-28(25)37-3)27(19-32)30(34)31-15-14-20-6-4-5-7-22(20)17-31/h4-13,16,26-27H,14-15,17-19H2,1-3H3/t26-,27-/m0/s1.